The Morgan fingerprint density at radius 3 is 2.66 bits per heavy atom. The van der Waals surface area contributed by atoms with Gasteiger partial charge in [-0.05, 0) is 60.3 Å². The normalized spacial score (nSPS) is 13.7. The van der Waals surface area contributed by atoms with E-state index in [-0.39, 0.29) is 11.7 Å². The van der Waals surface area contributed by atoms with Crippen LogP contribution in [0.3, 0.4) is 0 Å². The van der Waals surface area contributed by atoms with Crippen LogP contribution in [0.1, 0.15) is 22.5 Å². The van der Waals surface area contributed by atoms with Gasteiger partial charge in [-0.3, -0.25) is 9.59 Å². The van der Waals surface area contributed by atoms with Crippen LogP contribution in [-0.2, 0) is 14.3 Å². The molecule has 1 aliphatic rings. The number of esters is 1. The minimum Gasteiger partial charge on any atom is -0.451 e. The van der Waals surface area contributed by atoms with Crippen LogP contribution in [-0.4, -0.2) is 30.9 Å². The van der Waals surface area contributed by atoms with Crippen LogP contribution in [0.2, 0.25) is 0 Å². The molecule has 148 valence electrons. The summed E-state index contributed by atoms with van der Waals surface area (Å²) in [5.41, 5.74) is 1.33. The Balaban J connectivity index is 1.32. The van der Waals surface area contributed by atoms with Crippen molar-refractivity contribution in [2.24, 2.45) is 0 Å². The highest BCUT2D eigenvalue weighted by atomic mass is 32.1. The van der Waals surface area contributed by atoms with E-state index in [2.05, 4.69) is 5.32 Å². The van der Waals surface area contributed by atoms with Crippen molar-refractivity contribution in [3.63, 3.8) is 0 Å². The van der Waals surface area contributed by atoms with Gasteiger partial charge in [0.15, 0.2) is 6.61 Å². The number of carbonyl (C=O) groups is 3. The molecule has 0 unspecified atom stereocenters. The quantitative estimate of drug-likeness (QED) is 0.644. The lowest BCUT2D eigenvalue weighted by Crippen LogP contribution is -2.23. The minimum absolute atomic E-state index is 0.0951. The first-order chi connectivity index (χ1) is 14.0. The molecule has 2 aromatic carbocycles. The van der Waals surface area contributed by atoms with Crippen LogP contribution in [0, 0.1) is 5.82 Å². The average Bonchev–Trinajstić information content (AvgIpc) is 3.32. The number of ether oxygens (including phenoxy) is 1. The number of benzene rings is 2. The molecule has 1 saturated heterocycles. The summed E-state index contributed by atoms with van der Waals surface area (Å²) < 4.78 is 19.1. The summed E-state index contributed by atoms with van der Waals surface area (Å²) in [6, 6.07) is 12.7. The van der Waals surface area contributed by atoms with Crippen molar-refractivity contribution in [3.05, 3.63) is 59.2 Å². The number of thiophene rings is 1. The Kier molecular flexibility index (Phi) is 5.26. The molecule has 6 nitrogen and oxygen atoms in total. The Bertz CT molecular complexity index is 1090. The lowest BCUT2D eigenvalue weighted by Gasteiger charge is -2.16. The van der Waals surface area contributed by atoms with E-state index in [1.165, 1.54) is 23.5 Å². The molecule has 4 rings (SSSR count). The predicted molar refractivity (Wildman–Crippen MR) is 109 cm³/mol. The van der Waals surface area contributed by atoms with Crippen LogP contribution in [0.25, 0.3) is 10.1 Å². The van der Waals surface area contributed by atoms with Crippen LogP contribution < -0.4 is 10.2 Å². The lowest BCUT2D eigenvalue weighted by atomic mass is 10.2. The fraction of sp³-hybridized carbons (Fsp3) is 0.190. The number of nitrogens with zero attached hydrogens (tertiary/aromatic N) is 1. The smallest absolute Gasteiger partial charge is 0.348 e. The summed E-state index contributed by atoms with van der Waals surface area (Å²) in [6.45, 7) is 0.263. The Hall–Kier alpha value is -3.26. The molecule has 1 fully saturated rings. The second-order valence-electron chi connectivity index (χ2n) is 6.61. The van der Waals surface area contributed by atoms with E-state index in [9.17, 15) is 18.8 Å². The molecule has 1 N–H and O–H groups in total. The van der Waals surface area contributed by atoms with E-state index < -0.39 is 18.5 Å². The van der Waals surface area contributed by atoms with Gasteiger partial charge >= 0.3 is 5.97 Å². The fourth-order valence-electron chi connectivity index (χ4n) is 3.16. The first-order valence-electron chi connectivity index (χ1n) is 9.06. The minimum atomic E-state index is -0.635. The molecule has 2 amide bonds. The second-order valence-corrected chi connectivity index (χ2v) is 7.70. The molecule has 29 heavy (non-hydrogen) atoms. The summed E-state index contributed by atoms with van der Waals surface area (Å²) in [4.78, 5) is 38.0. The number of carbonyl (C=O) groups excluding carboxylic acids is 3. The maximum absolute atomic E-state index is 13.3. The molecule has 0 saturated carbocycles. The zero-order chi connectivity index (χ0) is 20.4. The van der Waals surface area contributed by atoms with E-state index >= 15 is 0 Å². The van der Waals surface area contributed by atoms with Crippen LogP contribution in [0.15, 0.2) is 48.5 Å². The number of halogens is 1. The third kappa shape index (κ3) is 4.27. The Morgan fingerprint density at radius 1 is 1.14 bits per heavy atom. The molecule has 2 heterocycles. The van der Waals surface area contributed by atoms with Gasteiger partial charge in [0.1, 0.15) is 10.7 Å². The summed E-state index contributed by atoms with van der Waals surface area (Å²) in [7, 11) is 0. The van der Waals surface area contributed by atoms with Gasteiger partial charge in [0.2, 0.25) is 5.91 Å². The van der Waals surface area contributed by atoms with E-state index in [1.54, 1.807) is 41.3 Å². The van der Waals surface area contributed by atoms with Gasteiger partial charge < -0.3 is 15.0 Å². The largest absolute Gasteiger partial charge is 0.451 e. The van der Waals surface area contributed by atoms with Crippen molar-refractivity contribution in [1.29, 1.82) is 0 Å². The van der Waals surface area contributed by atoms with Crippen molar-refractivity contribution in [3.8, 4) is 0 Å². The van der Waals surface area contributed by atoms with Crippen LogP contribution in [0.5, 0.6) is 0 Å². The second kappa shape index (κ2) is 8.00. The standard InChI is InChI=1S/C21H17FN2O4S/c22-14-3-8-17-13(10-14)11-18(29-17)21(27)28-12-19(25)23-15-4-6-16(7-5-15)24-9-1-2-20(24)26/h3-8,10-11H,1-2,9,12H2,(H,23,25). The lowest BCUT2D eigenvalue weighted by molar-refractivity contribution is -0.119. The molecular formula is C21H17FN2O4S. The molecule has 0 atom stereocenters. The first kappa shape index (κ1) is 19.1. The van der Waals surface area contributed by atoms with E-state index in [0.29, 0.717) is 28.9 Å². The van der Waals surface area contributed by atoms with Gasteiger partial charge in [-0.2, -0.15) is 0 Å². The zero-order valence-corrected chi connectivity index (χ0v) is 16.1. The molecule has 8 heteroatoms. The van der Waals surface area contributed by atoms with E-state index in [1.807, 2.05) is 0 Å². The van der Waals surface area contributed by atoms with Crippen LogP contribution >= 0.6 is 11.3 Å². The highest BCUT2D eigenvalue weighted by Gasteiger charge is 2.21. The number of amides is 2. The summed E-state index contributed by atoms with van der Waals surface area (Å²) in [5.74, 6) is -1.40. The van der Waals surface area contributed by atoms with Crippen molar-refractivity contribution < 1.29 is 23.5 Å². The van der Waals surface area contributed by atoms with E-state index in [4.69, 9.17) is 4.74 Å². The number of hydrogen-bond acceptors (Lipinski definition) is 5. The molecule has 0 spiro atoms. The predicted octanol–water partition coefficient (Wildman–Crippen LogP) is 3.96. The Morgan fingerprint density at radius 2 is 1.93 bits per heavy atom. The summed E-state index contributed by atoms with van der Waals surface area (Å²) >= 11 is 1.18. The van der Waals surface area contributed by atoms with Gasteiger partial charge in [-0.1, -0.05) is 0 Å². The fourth-order valence-corrected chi connectivity index (χ4v) is 4.10. The van der Waals surface area contributed by atoms with Crippen molar-refractivity contribution in [2.45, 2.75) is 12.8 Å². The number of fused-ring (bicyclic) bond motifs is 1. The molecular weight excluding hydrogens is 395 g/mol. The molecule has 3 aromatic rings. The summed E-state index contributed by atoms with van der Waals surface area (Å²) in [6.07, 6.45) is 1.40. The van der Waals surface area contributed by atoms with Crippen LogP contribution in [0.4, 0.5) is 15.8 Å². The molecule has 0 aliphatic carbocycles. The third-order valence-electron chi connectivity index (χ3n) is 4.55. The third-order valence-corrected chi connectivity index (χ3v) is 5.65. The molecule has 0 radical (unpaired) electrons. The van der Waals surface area contributed by atoms with Crippen molar-refractivity contribution in [2.75, 3.05) is 23.4 Å². The number of hydrogen-bond donors (Lipinski definition) is 1. The van der Waals surface area contributed by atoms with Crippen molar-refractivity contribution in [1.82, 2.24) is 0 Å². The maximum Gasteiger partial charge on any atom is 0.348 e. The zero-order valence-electron chi connectivity index (χ0n) is 15.3. The van der Waals surface area contributed by atoms with Crippen molar-refractivity contribution >= 4 is 50.6 Å². The SMILES string of the molecule is O=C(COC(=O)c1cc2cc(F)ccc2s1)Nc1ccc(N2CCCC2=O)cc1. The first-order valence-corrected chi connectivity index (χ1v) is 9.88. The number of nitrogens with one attached hydrogen (secondary N) is 1. The highest BCUT2D eigenvalue weighted by molar-refractivity contribution is 7.20. The topological polar surface area (TPSA) is 75.7 Å². The summed E-state index contributed by atoms with van der Waals surface area (Å²) in [5, 5.41) is 3.26. The molecule has 0 bridgehead atoms. The number of anilines is 2. The van der Waals surface area contributed by atoms with E-state index in [0.717, 1.165) is 16.8 Å². The Labute approximate surface area is 169 Å². The maximum atomic E-state index is 13.3. The molecule has 1 aromatic heterocycles. The van der Waals surface area contributed by atoms with Gasteiger partial charge in [0.25, 0.3) is 5.91 Å². The highest BCUT2D eigenvalue weighted by Crippen LogP contribution is 2.27. The number of rotatable bonds is 5. The van der Waals surface area contributed by atoms with Gasteiger partial charge in [-0.25, -0.2) is 9.18 Å². The van der Waals surface area contributed by atoms with Gasteiger partial charge in [0, 0.05) is 29.0 Å². The monoisotopic (exact) mass is 412 g/mol. The molecule has 1 aliphatic heterocycles. The average molecular weight is 412 g/mol. The van der Waals surface area contributed by atoms with Gasteiger partial charge in [0.05, 0.1) is 0 Å². The van der Waals surface area contributed by atoms with Gasteiger partial charge in [-0.15, -0.1) is 11.3 Å².